The number of methoxy groups -OCH3 is 1. The molecule has 1 heterocycles. The molecule has 4 heteroatoms. The van der Waals surface area contributed by atoms with Crippen LogP contribution in [0.1, 0.15) is 25.3 Å². The van der Waals surface area contributed by atoms with Crippen LogP contribution in [0.2, 0.25) is 0 Å². The summed E-state index contributed by atoms with van der Waals surface area (Å²) in [5.74, 6) is 0.879. The van der Waals surface area contributed by atoms with Gasteiger partial charge in [-0.05, 0) is 30.5 Å². The molecule has 1 aromatic carbocycles. The topological polar surface area (TPSA) is 39.1 Å². The molecule has 0 saturated carbocycles. The zero-order valence-corrected chi connectivity index (χ0v) is 12.3. The SMILES string of the molecule is CCCc1ccc(Nc2nccn2CCCOC)cc1. The van der Waals surface area contributed by atoms with Crippen molar-refractivity contribution < 1.29 is 4.74 Å². The van der Waals surface area contributed by atoms with E-state index >= 15 is 0 Å². The summed E-state index contributed by atoms with van der Waals surface area (Å²) in [6.07, 6.45) is 7.10. The third-order valence-electron chi connectivity index (χ3n) is 3.21. The first-order valence-corrected chi connectivity index (χ1v) is 7.19. The van der Waals surface area contributed by atoms with Gasteiger partial charge in [0.1, 0.15) is 0 Å². The molecule has 0 saturated heterocycles. The van der Waals surface area contributed by atoms with Crippen molar-refractivity contribution in [3.63, 3.8) is 0 Å². The van der Waals surface area contributed by atoms with Gasteiger partial charge in [0, 0.05) is 38.3 Å². The number of imidazole rings is 1. The van der Waals surface area contributed by atoms with Crippen LogP contribution in [-0.4, -0.2) is 23.3 Å². The van der Waals surface area contributed by atoms with Crippen molar-refractivity contribution in [2.75, 3.05) is 19.0 Å². The smallest absolute Gasteiger partial charge is 0.207 e. The minimum absolute atomic E-state index is 0.767. The molecule has 0 aliphatic carbocycles. The summed E-state index contributed by atoms with van der Waals surface area (Å²) in [5, 5.41) is 3.36. The fourth-order valence-electron chi connectivity index (χ4n) is 2.17. The van der Waals surface area contributed by atoms with E-state index in [0.717, 1.165) is 37.6 Å². The van der Waals surface area contributed by atoms with E-state index in [0.29, 0.717) is 0 Å². The lowest BCUT2D eigenvalue weighted by Crippen LogP contribution is -2.05. The number of aryl methyl sites for hydroxylation is 2. The zero-order valence-electron chi connectivity index (χ0n) is 12.3. The lowest BCUT2D eigenvalue weighted by atomic mass is 10.1. The molecule has 0 aliphatic rings. The first-order chi connectivity index (χ1) is 9.83. The minimum Gasteiger partial charge on any atom is -0.385 e. The van der Waals surface area contributed by atoms with Gasteiger partial charge in [-0.2, -0.15) is 0 Å². The van der Waals surface area contributed by atoms with Crippen molar-refractivity contribution >= 4 is 11.6 Å². The van der Waals surface area contributed by atoms with Crippen LogP contribution >= 0.6 is 0 Å². The van der Waals surface area contributed by atoms with E-state index in [2.05, 4.69) is 46.1 Å². The number of nitrogens with one attached hydrogen (secondary N) is 1. The second kappa shape index (κ2) is 7.70. The van der Waals surface area contributed by atoms with E-state index in [1.807, 2.05) is 12.4 Å². The van der Waals surface area contributed by atoms with Crippen LogP contribution in [0.5, 0.6) is 0 Å². The highest BCUT2D eigenvalue weighted by atomic mass is 16.5. The van der Waals surface area contributed by atoms with Crippen LogP contribution in [0.4, 0.5) is 11.6 Å². The molecule has 0 atom stereocenters. The van der Waals surface area contributed by atoms with Gasteiger partial charge < -0.3 is 14.6 Å². The van der Waals surface area contributed by atoms with Crippen molar-refractivity contribution in [3.05, 3.63) is 42.2 Å². The fourth-order valence-corrected chi connectivity index (χ4v) is 2.17. The molecule has 0 radical (unpaired) electrons. The van der Waals surface area contributed by atoms with Gasteiger partial charge in [-0.3, -0.25) is 0 Å². The average molecular weight is 273 g/mol. The van der Waals surface area contributed by atoms with Gasteiger partial charge in [-0.25, -0.2) is 4.98 Å². The van der Waals surface area contributed by atoms with Crippen molar-refractivity contribution in [3.8, 4) is 0 Å². The number of hydrogen-bond acceptors (Lipinski definition) is 3. The second-order valence-electron chi connectivity index (χ2n) is 4.86. The fraction of sp³-hybridized carbons (Fsp3) is 0.438. The number of hydrogen-bond donors (Lipinski definition) is 1. The van der Waals surface area contributed by atoms with E-state index in [1.165, 1.54) is 12.0 Å². The highest BCUT2D eigenvalue weighted by Crippen LogP contribution is 2.16. The van der Waals surface area contributed by atoms with E-state index in [-0.39, 0.29) is 0 Å². The maximum atomic E-state index is 5.08. The van der Waals surface area contributed by atoms with Crippen LogP contribution in [0.25, 0.3) is 0 Å². The van der Waals surface area contributed by atoms with E-state index < -0.39 is 0 Å². The third-order valence-corrected chi connectivity index (χ3v) is 3.21. The van der Waals surface area contributed by atoms with Crippen LogP contribution < -0.4 is 5.32 Å². The molecule has 20 heavy (non-hydrogen) atoms. The maximum Gasteiger partial charge on any atom is 0.207 e. The number of rotatable bonds is 8. The van der Waals surface area contributed by atoms with Gasteiger partial charge in [0.2, 0.25) is 5.95 Å². The Bertz CT molecular complexity index is 505. The Morgan fingerprint density at radius 2 is 2.05 bits per heavy atom. The molecule has 0 spiro atoms. The largest absolute Gasteiger partial charge is 0.385 e. The molecule has 2 aromatic rings. The molecule has 0 unspecified atom stereocenters. The molecular formula is C16H23N3O. The summed E-state index contributed by atoms with van der Waals surface area (Å²) in [4.78, 5) is 4.36. The molecule has 0 bridgehead atoms. The quantitative estimate of drug-likeness (QED) is 0.747. The Morgan fingerprint density at radius 1 is 1.25 bits per heavy atom. The first kappa shape index (κ1) is 14.6. The summed E-state index contributed by atoms with van der Waals surface area (Å²) in [7, 11) is 1.73. The van der Waals surface area contributed by atoms with Crippen LogP contribution in [0.15, 0.2) is 36.7 Å². The summed E-state index contributed by atoms with van der Waals surface area (Å²) in [6.45, 7) is 3.87. The number of benzene rings is 1. The predicted molar refractivity (Wildman–Crippen MR) is 82.4 cm³/mol. The van der Waals surface area contributed by atoms with E-state index in [1.54, 1.807) is 7.11 Å². The second-order valence-corrected chi connectivity index (χ2v) is 4.86. The van der Waals surface area contributed by atoms with Gasteiger partial charge in [-0.1, -0.05) is 25.5 Å². The highest BCUT2D eigenvalue weighted by molar-refractivity contribution is 5.54. The Labute approximate surface area is 120 Å². The average Bonchev–Trinajstić information content (AvgIpc) is 2.89. The summed E-state index contributed by atoms with van der Waals surface area (Å²) in [5.41, 5.74) is 2.45. The van der Waals surface area contributed by atoms with E-state index in [4.69, 9.17) is 4.74 Å². The lowest BCUT2D eigenvalue weighted by molar-refractivity contribution is 0.190. The van der Waals surface area contributed by atoms with Gasteiger partial charge >= 0.3 is 0 Å². The summed E-state index contributed by atoms with van der Waals surface area (Å²) in [6, 6.07) is 8.56. The summed E-state index contributed by atoms with van der Waals surface area (Å²) < 4.78 is 7.19. The van der Waals surface area contributed by atoms with Crippen molar-refractivity contribution in [2.45, 2.75) is 32.7 Å². The molecular weight excluding hydrogens is 250 g/mol. The van der Waals surface area contributed by atoms with Gasteiger partial charge in [0.05, 0.1) is 0 Å². The van der Waals surface area contributed by atoms with Crippen molar-refractivity contribution in [2.24, 2.45) is 0 Å². The first-order valence-electron chi connectivity index (χ1n) is 7.19. The van der Waals surface area contributed by atoms with Gasteiger partial charge in [0.25, 0.3) is 0 Å². The number of anilines is 2. The van der Waals surface area contributed by atoms with Gasteiger partial charge in [0.15, 0.2) is 0 Å². The summed E-state index contributed by atoms with van der Waals surface area (Å²) >= 11 is 0. The number of nitrogens with zero attached hydrogens (tertiary/aromatic N) is 2. The molecule has 108 valence electrons. The van der Waals surface area contributed by atoms with Gasteiger partial charge in [-0.15, -0.1) is 0 Å². The molecule has 4 nitrogen and oxygen atoms in total. The Morgan fingerprint density at radius 3 is 2.75 bits per heavy atom. The highest BCUT2D eigenvalue weighted by Gasteiger charge is 2.03. The zero-order chi connectivity index (χ0) is 14.2. The van der Waals surface area contributed by atoms with Crippen LogP contribution in [0.3, 0.4) is 0 Å². The van der Waals surface area contributed by atoms with Crippen molar-refractivity contribution in [1.29, 1.82) is 0 Å². The molecule has 0 fully saturated rings. The maximum absolute atomic E-state index is 5.08. The molecule has 0 amide bonds. The van der Waals surface area contributed by atoms with Crippen LogP contribution in [-0.2, 0) is 17.7 Å². The standard InChI is InChI=1S/C16H23N3O/c1-3-5-14-6-8-15(9-7-14)18-16-17-10-12-19(16)11-4-13-20-2/h6-10,12H,3-5,11,13H2,1-2H3,(H,17,18). The van der Waals surface area contributed by atoms with Crippen molar-refractivity contribution in [1.82, 2.24) is 9.55 Å². The number of aromatic nitrogens is 2. The molecule has 2 rings (SSSR count). The normalized spacial score (nSPS) is 10.7. The number of ether oxygens (including phenoxy) is 1. The van der Waals surface area contributed by atoms with E-state index in [9.17, 15) is 0 Å². The predicted octanol–water partition coefficient (Wildman–Crippen LogP) is 3.62. The lowest BCUT2D eigenvalue weighted by Gasteiger charge is -2.10. The monoisotopic (exact) mass is 273 g/mol. The Balaban J connectivity index is 1.97. The minimum atomic E-state index is 0.767. The Hall–Kier alpha value is -1.81. The molecule has 1 aromatic heterocycles. The molecule has 0 aliphatic heterocycles. The molecule has 1 N–H and O–H groups in total. The van der Waals surface area contributed by atoms with Crippen LogP contribution in [0, 0.1) is 0 Å². The third kappa shape index (κ3) is 4.10. The Kier molecular flexibility index (Phi) is 5.62.